The number of hydrogen-bond donors (Lipinski definition) is 1. The molecule has 0 aliphatic carbocycles. The number of hydrogen-bond acceptors (Lipinski definition) is 1. The van der Waals surface area contributed by atoms with E-state index < -0.39 is 0 Å². The van der Waals surface area contributed by atoms with Crippen LogP contribution in [0.25, 0.3) is 11.1 Å². The summed E-state index contributed by atoms with van der Waals surface area (Å²) in [5, 5.41) is 2.88. The van der Waals surface area contributed by atoms with Crippen molar-refractivity contribution in [1.29, 1.82) is 0 Å². The van der Waals surface area contributed by atoms with Gasteiger partial charge in [0, 0.05) is 6.42 Å². The second-order valence-electron chi connectivity index (χ2n) is 5.35. The van der Waals surface area contributed by atoms with E-state index in [1.807, 2.05) is 6.92 Å². The van der Waals surface area contributed by atoms with Crippen LogP contribution < -0.4 is 5.32 Å². The van der Waals surface area contributed by atoms with E-state index in [2.05, 4.69) is 5.32 Å². The van der Waals surface area contributed by atoms with Crippen molar-refractivity contribution in [3.05, 3.63) is 59.2 Å². The molecule has 1 unspecified atom stereocenters. The molecule has 4 heteroatoms. The summed E-state index contributed by atoms with van der Waals surface area (Å²) in [6.45, 7) is 1.86. The first-order valence-electron chi connectivity index (χ1n) is 6.90. The van der Waals surface area contributed by atoms with Crippen LogP contribution in [-0.2, 0) is 4.79 Å². The van der Waals surface area contributed by atoms with E-state index in [1.165, 1.54) is 24.3 Å². The molecule has 3 rings (SSSR count). The Kier molecular flexibility index (Phi) is 3.45. The van der Waals surface area contributed by atoms with Crippen LogP contribution in [0.1, 0.15) is 30.0 Å². The molecule has 0 radical (unpaired) electrons. The van der Waals surface area contributed by atoms with Gasteiger partial charge in [-0.05, 0) is 59.9 Å². The van der Waals surface area contributed by atoms with Crippen molar-refractivity contribution in [3.8, 4) is 11.1 Å². The Morgan fingerprint density at radius 3 is 2.38 bits per heavy atom. The van der Waals surface area contributed by atoms with Crippen molar-refractivity contribution < 1.29 is 13.6 Å². The summed E-state index contributed by atoms with van der Waals surface area (Å²) in [4.78, 5) is 11.4. The molecule has 1 atom stereocenters. The summed E-state index contributed by atoms with van der Waals surface area (Å²) in [6, 6.07) is 8.77. The molecule has 1 amide bonds. The van der Waals surface area contributed by atoms with Gasteiger partial charge in [-0.1, -0.05) is 12.1 Å². The van der Waals surface area contributed by atoms with E-state index in [1.54, 1.807) is 12.1 Å². The molecule has 0 spiro atoms. The lowest BCUT2D eigenvalue weighted by Gasteiger charge is -2.17. The van der Waals surface area contributed by atoms with Gasteiger partial charge >= 0.3 is 0 Å². The Bertz CT molecular complexity index is 712. The molecule has 0 aromatic heterocycles. The Morgan fingerprint density at radius 1 is 1.05 bits per heavy atom. The predicted molar refractivity (Wildman–Crippen MR) is 76.6 cm³/mol. The third-order valence-electron chi connectivity index (χ3n) is 3.88. The summed E-state index contributed by atoms with van der Waals surface area (Å²) >= 11 is 0. The van der Waals surface area contributed by atoms with E-state index in [4.69, 9.17) is 0 Å². The minimum atomic E-state index is -0.373. The normalized spacial score (nSPS) is 17.9. The fourth-order valence-electron chi connectivity index (χ4n) is 2.80. The fraction of sp³-hybridized carbons (Fsp3) is 0.235. The Morgan fingerprint density at radius 2 is 1.71 bits per heavy atom. The average Bonchev–Trinajstić information content (AvgIpc) is 2.88. The first-order chi connectivity index (χ1) is 10.0. The molecule has 108 valence electrons. The van der Waals surface area contributed by atoms with Crippen LogP contribution in [0.5, 0.6) is 0 Å². The number of rotatable bonds is 2. The maximum Gasteiger partial charge on any atom is 0.220 e. The van der Waals surface area contributed by atoms with Gasteiger partial charge in [-0.15, -0.1) is 0 Å². The topological polar surface area (TPSA) is 29.1 Å². The average molecular weight is 287 g/mol. The quantitative estimate of drug-likeness (QED) is 0.892. The zero-order valence-corrected chi connectivity index (χ0v) is 11.6. The van der Waals surface area contributed by atoms with E-state index in [9.17, 15) is 13.6 Å². The standard InChI is InChI=1S/C17H15F2NO/c1-10-2-3-11(18)8-14(10)15-9-12(19)4-5-13(15)16-6-7-17(21)20-16/h2-5,8-9,16H,6-7H2,1H3,(H,20,21). The van der Waals surface area contributed by atoms with Crippen molar-refractivity contribution in [2.24, 2.45) is 0 Å². The molecule has 1 fully saturated rings. The molecule has 1 saturated heterocycles. The Balaban J connectivity index is 2.14. The van der Waals surface area contributed by atoms with Gasteiger partial charge < -0.3 is 5.32 Å². The number of nitrogens with one attached hydrogen (secondary N) is 1. The molecule has 0 bridgehead atoms. The third kappa shape index (κ3) is 2.66. The van der Waals surface area contributed by atoms with Crippen molar-refractivity contribution >= 4 is 5.91 Å². The van der Waals surface area contributed by atoms with Gasteiger partial charge in [0.2, 0.25) is 5.91 Å². The minimum absolute atomic E-state index is 0.00811. The van der Waals surface area contributed by atoms with E-state index in [0.29, 0.717) is 24.0 Å². The maximum atomic E-state index is 13.6. The highest BCUT2D eigenvalue weighted by Crippen LogP contribution is 2.35. The highest BCUT2D eigenvalue weighted by molar-refractivity contribution is 5.80. The van der Waals surface area contributed by atoms with E-state index in [-0.39, 0.29) is 23.6 Å². The first kappa shape index (κ1) is 13.7. The highest BCUT2D eigenvalue weighted by atomic mass is 19.1. The lowest BCUT2D eigenvalue weighted by Crippen LogP contribution is -2.19. The van der Waals surface area contributed by atoms with Gasteiger partial charge in [0.05, 0.1) is 6.04 Å². The van der Waals surface area contributed by atoms with Crippen molar-refractivity contribution in [1.82, 2.24) is 5.32 Å². The molecule has 2 aromatic carbocycles. The van der Waals surface area contributed by atoms with Crippen LogP contribution in [-0.4, -0.2) is 5.91 Å². The minimum Gasteiger partial charge on any atom is -0.349 e. The van der Waals surface area contributed by atoms with Crippen LogP contribution in [0.4, 0.5) is 8.78 Å². The molecule has 1 N–H and O–H groups in total. The SMILES string of the molecule is Cc1ccc(F)cc1-c1cc(F)ccc1C1CCC(=O)N1. The molecular weight excluding hydrogens is 272 g/mol. The monoisotopic (exact) mass is 287 g/mol. The predicted octanol–water partition coefficient (Wildman–Crippen LogP) is 3.89. The molecule has 2 aromatic rings. The number of halogens is 2. The van der Waals surface area contributed by atoms with Crippen LogP contribution in [0.3, 0.4) is 0 Å². The van der Waals surface area contributed by atoms with Crippen molar-refractivity contribution in [2.75, 3.05) is 0 Å². The van der Waals surface area contributed by atoms with Crippen LogP contribution in [0.2, 0.25) is 0 Å². The molecule has 1 aliphatic rings. The maximum absolute atomic E-state index is 13.6. The molecule has 0 saturated carbocycles. The van der Waals surface area contributed by atoms with Crippen molar-refractivity contribution in [3.63, 3.8) is 0 Å². The van der Waals surface area contributed by atoms with Gasteiger partial charge in [0.1, 0.15) is 11.6 Å². The van der Waals surface area contributed by atoms with Crippen LogP contribution >= 0.6 is 0 Å². The Labute approximate surface area is 121 Å². The number of amides is 1. The summed E-state index contributed by atoms with van der Waals surface area (Å²) in [5.74, 6) is -0.741. The first-order valence-corrected chi connectivity index (χ1v) is 6.90. The van der Waals surface area contributed by atoms with Gasteiger partial charge in [0.25, 0.3) is 0 Å². The summed E-state index contributed by atoms with van der Waals surface area (Å²) < 4.78 is 27.2. The number of carbonyl (C=O) groups is 1. The number of benzene rings is 2. The zero-order valence-electron chi connectivity index (χ0n) is 11.6. The highest BCUT2D eigenvalue weighted by Gasteiger charge is 2.25. The number of carbonyl (C=O) groups excluding carboxylic acids is 1. The summed E-state index contributed by atoms with van der Waals surface area (Å²) in [6.07, 6.45) is 1.13. The molecule has 21 heavy (non-hydrogen) atoms. The smallest absolute Gasteiger partial charge is 0.220 e. The van der Waals surface area contributed by atoms with E-state index >= 15 is 0 Å². The zero-order chi connectivity index (χ0) is 15.0. The summed E-state index contributed by atoms with van der Waals surface area (Å²) in [7, 11) is 0. The molecule has 1 aliphatic heterocycles. The lowest BCUT2D eigenvalue weighted by molar-refractivity contribution is -0.119. The fourth-order valence-corrected chi connectivity index (χ4v) is 2.80. The van der Waals surface area contributed by atoms with Gasteiger partial charge in [-0.2, -0.15) is 0 Å². The van der Waals surface area contributed by atoms with Gasteiger partial charge in [-0.25, -0.2) is 8.78 Å². The molecule has 2 nitrogen and oxygen atoms in total. The van der Waals surface area contributed by atoms with Crippen molar-refractivity contribution in [2.45, 2.75) is 25.8 Å². The number of aryl methyl sites for hydroxylation is 1. The second kappa shape index (κ2) is 5.28. The summed E-state index contributed by atoms with van der Waals surface area (Å²) in [5.41, 5.74) is 2.99. The van der Waals surface area contributed by atoms with Gasteiger partial charge in [0.15, 0.2) is 0 Å². The Hall–Kier alpha value is -2.23. The lowest BCUT2D eigenvalue weighted by atomic mass is 9.91. The van der Waals surface area contributed by atoms with Crippen LogP contribution in [0, 0.1) is 18.6 Å². The molecule has 1 heterocycles. The second-order valence-corrected chi connectivity index (χ2v) is 5.35. The third-order valence-corrected chi connectivity index (χ3v) is 3.88. The van der Waals surface area contributed by atoms with Gasteiger partial charge in [-0.3, -0.25) is 4.79 Å². The largest absolute Gasteiger partial charge is 0.349 e. The molecular formula is C17H15F2NO. The van der Waals surface area contributed by atoms with Crippen LogP contribution in [0.15, 0.2) is 36.4 Å². The van der Waals surface area contributed by atoms with E-state index in [0.717, 1.165) is 11.1 Å².